The number of alkyl halides is 2. The second kappa shape index (κ2) is 10.6. The molecule has 0 bridgehead atoms. The van der Waals surface area contributed by atoms with Crippen LogP contribution in [0.2, 0.25) is 0 Å². The highest BCUT2D eigenvalue weighted by molar-refractivity contribution is 7.99. The van der Waals surface area contributed by atoms with E-state index < -0.39 is 11.6 Å². The van der Waals surface area contributed by atoms with Crippen molar-refractivity contribution in [3.8, 4) is 0 Å². The molecule has 0 radical (unpaired) electrons. The average molecular weight is 452 g/mol. The molecule has 9 heteroatoms. The molecule has 2 aromatic carbocycles. The first-order valence-corrected chi connectivity index (χ1v) is 10.9. The van der Waals surface area contributed by atoms with Crippen molar-refractivity contribution in [3.05, 3.63) is 65.5 Å². The average Bonchev–Trinajstić information content (AvgIpc) is 3.00. The number of urea groups is 1. The molecule has 3 rings (SSSR count). The van der Waals surface area contributed by atoms with Gasteiger partial charge in [0, 0.05) is 36.6 Å². The SMILES string of the molecule is CC(NC(=O)N1CCCN(C(=O)c2ccc(F)cc2)CC1)c1ccc(SC(F)F)cc1. The van der Waals surface area contributed by atoms with E-state index >= 15 is 0 Å². The predicted molar refractivity (Wildman–Crippen MR) is 114 cm³/mol. The van der Waals surface area contributed by atoms with Crippen molar-refractivity contribution in [3.63, 3.8) is 0 Å². The fraction of sp³-hybridized carbons (Fsp3) is 0.364. The smallest absolute Gasteiger partial charge is 0.317 e. The van der Waals surface area contributed by atoms with Crippen molar-refractivity contribution >= 4 is 23.7 Å². The van der Waals surface area contributed by atoms with Gasteiger partial charge in [-0.3, -0.25) is 4.79 Å². The van der Waals surface area contributed by atoms with Gasteiger partial charge in [0.15, 0.2) is 0 Å². The Kier molecular flexibility index (Phi) is 7.84. The normalized spacial score (nSPS) is 15.5. The Morgan fingerprint density at radius 1 is 0.935 bits per heavy atom. The van der Waals surface area contributed by atoms with Gasteiger partial charge < -0.3 is 15.1 Å². The second-order valence-electron chi connectivity index (χ2n) is 7.26. The third-order valence-electron chi connectivity index (χ3n) is 5.11. The van der Waals surface area contributed by atoms with Crippen LogP contribution < -0.4 is 5.32 Å². The number of rotatable bonds is 5. The molecular weight excluding hydrogens is 427 g/mol. The van der Waals surface area contributed by atoms with Crippen LogP contribution >= 0.6 is 11.8 Å². The number of carbonyl (C=O) groups excluding carboxylic acids is 2. The van der Waals surface area contributed by atoms with Crippen molar-refractivity contribution in [2.45, 2.75) is 30.0 Å². The number of nitrogens with one attached hydrogen (secondary N) is 1. The van der Waals surface area contributed by atoms with Crippen LogP contribution in [0.15, 0.2) is 53.4 Å². The highest BCUT2D eigenvalue weighted by Gasteiger charge is 2.24. The second-order valence-corrected chi connectivity index (χ2v) is 8.32. The van der Waals surface area contributed by atoms with Crippen LogP contribution in [0.25, 0.3) is 0 Å². The summed E-state index contributed by atoms with van der Waals surface area (Å²) in [6, 6.07) is 11.6. The molecule has 2 aromatic rings. The van der Waals surface area contributed by atoms with Crippen LogP contribution in [0.1, 0.15) is 35.3 Å². The van der Waals surface area contributed by atoms with Gasteiger partial charge in [-0.1, -0.05) is 23.9 Å². The van der Waals surface area contributed by atoms with E-state index in [1.54, 1.807) is 34.1 Å². The molecule has 1 heterocycles. The van der Waals surface area contributed by atoms with Crippen LogP contribution in [-0.4, -0.2) is 53.7 Å². The quantitative estimate of drug-likeness (QED) is 0.667. The minimum absolute atomic E-state index is 0.183. The molecule has 31 heavy (non-hydrogen) atoms. The van der Waals surface area contributed by atoms with Gasteiger partial charge in [0.2, 0.25) is 0 Å². The van der Waals surface area contributed by atoms with Crippen molar-refractivity contribution < 1.29 is 22.8 Å². The van der Waals surface area contributed by atoms with Gasteiger partial charge in [0.25, 0.3) is 11.7 Å². The van der Waals surface area contributed by atoms with Crippen molar-refractivity contribution in [2.24, 2.45) is 0 Å². The zero-order chi connectivity index (χ0) is 22.4. The zero-order valence-electron chi connectivity index (χ0n) is 17.1. The lowest BCUT2D eigenvalue weighted by Crippen LogP contribution is -2.43. The van der Waals surface area contributed by atoms with Gasteiger partial charge in [-0.15, -0.1) is 0 Å². The summed E-state index contributed by atoms with van der Waals surface area (Å²) in [5.74, 6) is -3.05. The molecule has 1 unspecified atom stereocenters. The zero-order valence-corrected chi connectivity index (χ0v) is 17.9. The highest BCUT2D eigenvalue weighted by Crippen LogP contribution is 2.26. The minimum atomic E-state index is -2.47. The highest BCUT2D eigenvalue weighted by atomic mass is 32.2. The first kappa shape index (κ1) is 23.0. The van der Waals surface area contributed by atoms with Crippen LogP contribution in [-0.2, 0) is 0 Å². The van der Waals surface area contributed by atoms with E-state index in [9.17, 15) is 22.8 Å². The number of carbonyl (C=O) groups is 2. The summed E-state index contributed by atoms with van der Waals surface area (Å²) in [6.07, 6.45) is 0.633. The Morgan fingerprint density at radius 2 is 1.55 bits per heavy atom. The van der Waals surface area contributed by atoms with E-state index in [0.717, 1.165) is 5.56 Å². The van der Waals surface area contributed by atoms with Gasteiger partial charge in [0.05, 0.1) is 6.04 Å². The van der Waals surface area contributed by atoms with E-state index in [-0.39, 0.29) is 18.0 Å². The molecule has 0 spiro atoms. The number of thioether (sulfide) groups is 1. The van der Waals surface area contributed by atoms with E-state index in [2.05, 4.69) is 5.32 Å². The molecular formula is C22H24F3N3O2S. The maximum absolute atomic E-state index is 13.1. The minimum Gasteiger partial charge on any atom is -0.337 e. The van der Waals surface area contributed by atoms with Gasteiger partial charge in [-0.2, -0.15) is 8.78 Å². The maximum Gasteiger partial charge on any atom is 0.317 e. The topological polar surface area (TPSA) is 52.7 Å². The summed E-state index contributed by atoms with van der Waals surface area (Å²) >= 11 is 0.480. The summed E-state index contributed by atoms with van der Waals surface area (Å²) in [5, 5.41) is 2.92. The van der Waals surface area contributed by atoms with Gasteiger partial charge >= 0.3 is 6.03 Å². The molecule has 5 nitrogen and oxygen atoms in total. The van der Waals surface area contributed by atoms with Crippen LogP contribution in [0.5, 0.6) is 0 Å². The van der Waals surface area contributed by atoms with Crippen molar-refractivity contribution in [1.29, 1.82) is 0 Å². The predicted octanol–water partition coefficient (Wildman–Crippen LogP) is 4.76. The van der Waals surface area contributed by atoms with E-state index in [1.807, 2.05) is 6.92 Å². The summed E-state index contributed by atoms with van der Waals surface area (Å²) in [4.78, 5) is 29.1. The van der Waals surface area contributed by atoms with Crippen LogP contribution in [0.4, 0.5) is 18.0 Å². The van der Waals surface area contributed by atoms with E-state index in [1.165, 1.54) is 24.3 Å². The standard InChI is InChI=1S/C22H24F3N3O2S/c1-15(16-5-9-19(10-6-16)31-21(24)25)26-22(30)28-12-2-11-27(13-14-28)20(29)17-3-7-18(23)8-4-17/h3-10,15,21H,2,11-14H2,1H3,(H,26,30). The third kappa shape index (κ3) is 6.40. The Balaban J connectivity index is 1.54. The third-order valence-corrected chi connectivity index (χ3v) is 5.83. The molecule has 166 valence electrons. The van der Waals surface area contributed by atoms with Gasteiger partial charge in [-0.25, -0.2) is 9.18 Å². The molecule has 0 aliphatic carbocycles. The lowest BCUT2D eigenvalue weighted by atomic mass is 10.1. The molecule has 1 N–H and O–H groups in total. The van der Waals surface area contributed by atoms with Crippen LogP contribution in [0.3, 0.4) is 0 Å². The molecule has 1 saturated heterocycles. The molecule has 1 aliphatic heterocycles. The van der Waals surface area contributed by atoms with E-state index in [4.69, 9.17) is 0 Å². The summed E-state index contributed by atoms with van der Waals surface area (Å²) in [7, 11) is 0. The summed E-state index contributed by atoms with van der Waals surface area (Å²) < 4.78 is 38.0. The molecule has 3 amide bonds. The number of hydrogen-bond acceptors (Lipinski definition) is 3. The summed E-state index contributed by atoms with van der Waals surface area (Å²) in [6.45, 7) is 3.62. The Hall–Kier alpha value is -2.68. The number of hydrogen-bond donors (Lipinski definition) is 1. The Labute approximate surface area is 183 Å². The number of amides is 3. The monoisotopic (exact) mass is 451 g/mol. The lowest BCUT2D eigenvalue weighted by Gasteiger charge is -2.24. The number of halogens is 3. The largest absolute Gasteiger partial charge is 0.337 e. The van der Waals surface area contributed by atoms with Crippen LogP contribution in [0, 0.1) is 5.82 Å². The van der Waals surface area contributed by atoms with Gasteiger partial charge in [-0.05, 0) is 55.3 Å². The fourth-order valence-electron chi connectivity index (χ4n) is 3.40. The fourth-order valence-corrected chi connectivity index (χ4v) is 3.90. The van der Waals surface area contributed by atoms with Gasteiger partial charge in [0.1, 0.15) is 5.82 Å². The lowest BCUT2D eigenvalue weighted by molar-refractivity contribution is 0.0762. The first-order valence-electron chi connectivity index (χ1n) is 9.98. The maximum atomic E-state index is 13.1. The van der Waals surface area contributed by atoms with E-state index in [0.29, 0.717) is 54.8 Å². The molecule has 1 atom stereocenters. The molecule has 1 aliphatic rings. The Morgan fingerprint density at radius 3 is 2.19 bits per heavy atom. The molecule has 1 fully saturated rings. The first-order chi connectivity index (χ1) is 14.8. The summed E-state index contributed by atoms with van der Waals surface area (Å²) in [5.41, 5.74) is 1.23. The molecule has 0 saturated carbocycles. The Bertz CT molecular complexity index is 894. The number of nitrogens with zero attached hydrogens (tertiary/aromatic N) is 2. The molecule has 0 aromatic heterocycles. The van der Waals surface area contributed by atoms with Crippen molar-refractivity contribution in [2.75, 3.05) is 26.2 Å². The van der Waals surface area contributed by atoms with Crippen molar-refractivity contribution in [1.82, 2.24) is 15.1 Å². The number of benzene rings is 2.